The number of alkyl halides is 3. The van der Waals surface area contributed by atoms with Crippen LogP contribution in [0.15, 0.2) is 18.2 Å². The summed E-state index contributed by atoms with van der Waals surface area (Å²) in [6.07, 6.45) is -7.13. The Bertz CT molecular complexity index is 315. The smallest absolute Gasteiger partial charge is 0.379 e. The lowest BCUT2D eigenvalue weighted by Crippen LogP contribution is -2.20. The molecular weight excluding hydrogens is 217 g/mol. The largest absolute Gasteiger partial charge is 0.418 e. The van der Waals surface area contributed by atoms with Gasteiger partial charge in [0.1, 0.15) is 0 Å². The van der Waals surface area contributed by atoms with Gasteiger partial charge in [-0.3, -0.25) is 0 Å². The highest BCUT2D eigenvalue weighted by molar-refractivity contribution is 6.30. The molecule has 1 unspecified atom stereocenters. The second kappa shape index (κ2) is 3.79. The van der Waals surface area contributed by atoms with Crippen molar-refractivity contribution in [2.24, 2.45) is 0 Å². The van der Waals surface area contributed by atoms with Gasteiger partial charge in [0.15, 0.2) is 6.10 Å². The molecule has 1 nitrogen and oxygen atoms in total. The molecule has 0 aromatic heterocycles. The van der Waals surface area contributed by atoms with Crippen LogP contribution in [0.4, 0.5) is 13.2 Å². The van der Waals surface area contributed by atoms with Gasteiger partial charge in [-0.25, -0.2) is 0 Å². The van der Waals surface area contributed by atoms with E-state index in [1.54, 1.807) is 6.92 Å². The van der Waals surface area contributed by atoms with E-state index in [9.17, 15) is 13.2 Å². The van der Waals surface area contributed by atoms with E-state index < -0.39 is 12.3 Å². The fraction of sp³-hybridized carbons (Fsp3) is 0.333. The zero-order valence-electron chi connectivity index (χ0n) is 7.27. The summed E-state index contributed by atoms with van der Waals surface area (Å²) in [5, 5.41) is 9.11. The molecule has 0 aliphatic carbocycles. The topological polar surface area (TPSA) is 20.2 Å². The quantitative estimate of drug-likeness (QED) is 0.777. The summed E-state index contributed by atoms with van der Waals surface area (Å²) < 4.78 is 36.3. The molecule has 1 aromatic rings. The van der Waals surface area contributed by atoms with Crippen molar-refractivity contribution < 1.29 is 18.3 Å². The summed E-state index contributed by atoms with van der Waals surface area (Å²) in [5.74, 6) is 0. The molecule has 0 saturated heterocycles. The average Bonchev–Trinajstić information content (AvgIpc) is 1.99. The van der Waals surface area contributed by atoms with Gasteiger partial charge in [-0.1, -0.05) is 17.7 Å². The van der Waals surface area contributed by atoms with Gasteiger partial charge in [-0.05, 0) is 30.2 Å². The van der Waals surface area contributed by atoms with Crippen LogP contribution in [0.3, 0.4) is 0 Å². The van der Waals surface area contributed by atoms with Crippen LogP contribution in [0, 0.1) is 6.92 Å². The van der Waals surface area contributed by atoms with Crippen LogP contribution < -0.4 is 0 Å². The normalized spacial score (nSPS) is 14.1. The van der Waals surface area contributed by atoms with Crippen molar-refractivity contribution in [3.63, 3.8) is 0 Å². The summed E-state index contributed by atoms with van der Waals surface area (Å²) in [4.78, 5) is 0. The lowest BCUT2D eigenvalue weighted by Gasteiger charge is -2.15. The van der Waals surface area contributed by atoms with Gasteiger partial charge in [-0.15, -0.1) is 0 Å². The first-order chi connectivity index (χ1) is 6.30. The molecule has 0 heterocycles. The molecule has 14 heavy (non-hydrogen) atoms. The maximum absolute atomic E-state index is 12.1. The van der Waals surface area contributed by atoms with Gasteiger partial charge >= 0.3 is 6.18 Å². The average molecular weight is 225 g/mol. The predicted octanol–water partition coefficient (Wildman–Crippen LogP) is 3.24. The number of hydrogen-bond donors (Lipinski definition) is 1. The summed E-state index contributed by atoms with van der Waals surface area (Å²) in [6, 6.07) is 3.88. The van der Waals surface area contributed by atoms with Gasteiger partial charge in [0.05, 0.1) is 0 Å². The van der Waals surface area contributed by atoms with E-state index in [0.717, 1.165) is 6.07 Å². The monoisotopic (exact) mass is 224 g/mol. The van der Waals surface area contributed by atoms with E-state index in [-0.39, 0.29) is 10.6 Å². The minimum atomic E-state index is -4.66. The fourth-order valence-electron chi connectivity index (χ4n) is 1.11. The number of halogens is 4. The van der Waals surface area contributed by atoms with Gasteiger partial charge < -0.3 is 5.11 Å². The van der Waals surface area contributed by atoms with Gasteiger partial charge in [0.25, 0.3) is 0 Å². The summed E-state index contributed by atoms with van der Waals surface area (Å²) in [5.41, 5.74) is 0.346. The summed E-state index contributed by atoms with van der Waals surface area (Å²) in [6.45, 7) is 1.61. The molecule has 1 atom stereocenters. The number of benzene rings is 1. The van der Waals surface area contributed by atoms with Crippen LogP contribution in [0.25, 0.3) is 0 Å². The fourth-order valence-corrected chi connectivity index (χ4v) is 1.41. The van der Waals surface area contributed by atoms with E-state index in [1.165, 1.54) is 12.1 Å². The van der Waals surface area contributed by atoms with Crippen molar-refractivity contribution >= 4 is 11.6 Å². The number of aliphatic hydroxyl groups is 1. The zero-order chi connectivity index (χ0) is 10.9. The molecule has 0 aliphatic rings. The molecule has 0 amide bonds. The molecule has 5 heteroatoms. The molecule has 0 spiro atoms. The van der Waals surface area contributed by atoms with Gasteiger partial charge in [0, 0.05) is 5.02 Å². The van der Waals surface area contributed by atoms with Crippen LogP contribution in [0.1, 0.15) is 17.2 Å². The van der Waals surface area contributed by atoms with Crippen LogP contribution in [-0.4, -0.2) is 11.3 Å². The highest BCUT2D eigenvalue weighted by Crippen LogP contribution is 2.33. The van der Waals surface area contributed by atoms with E-state index in [1.807, 2.05) is 0 Å². The van der Waals surface area contributed by atoms with Gasteiger partial charge in [0.2, 0.25) is 0 Å². The Morgan fingerprint density at radius 1 is 1.29 bits per heavy atom. The Labute approximate surface area is 84.1 Å². The molecule has 0 fully saturated rings. The first-order valence-electron chi connectivity index (χ1n) is 3.82. The standard InChI is InChI=1S/C9H8ClF3O/c1-5-2-6(4-7(10)3-5)8(14)9(11,12)13/h2-4,8,14H,1H3. The highest BCUT2D eigenvalue weighted by atomic mass is 35.5. The number of rotatable bonds is 1. The van der Waals surface area contributed by atoms with Crippen LogP contribution in [0.5, 0.6) is 0 Å². The third kappa shape index (κ3) is 2.62. The summed E-state index contributed by atoms with van der Waals surface area (Å²) in [7, 11) is 0. The van der Waals surface area contributed by atoms with Crippen LogP contribution in [-0.2, 0) is 0 Å². The van der Waals surface area contributed by atoms with Crippen molar-refractivity contribution in [3.8, 4) is 0 Å². The van der Waals surface area contributed by atoms with E-state index in [2.05, 4.69) is 0 Å². The Kier molecular flexibility index (Phi) is 3.07. The van der Waals surface area contributed by atoms with E-state index >= 15 is 0 Å². The number of aliphatic hydroxyl groups excluding tert-OH is 1. The molecule has 1 rings (SSSR count). The second-order valence-corrected chi connectivity index (χ2v) is 3.44. The van der Waals surface area contributed by atoms with Crippen LogP contribution in [0.2, 0.25) is 5.02 Å². The molecule has 78 valence electrons. The van der Waals surface area contributed by atoms with Crippen molar-refractivity contribution in [1.29, 1.82) is 0 Å². The van der Waals surface area contributed by atoms with Crippen molar-refractivity contribution in [3.05, 3.63) is 34.3 Å². The molecule has 0 bridgehead atoms. The van der Waals surface area contributed by atoms with E-state index in [0.29, 0.717) is 5.56 Å². The van der Waals surface area contributed by atoms with E-state index in [4.69, 9.17) is 16.7 Å². The first-order valence-corrected chi connectivity index (χ1v) is 4.20. The Morgan fingerprint density at radius 2 is 1.86 bits per heavy atom. The molecule has 1 N–H and O–H groups in total. The Balaban J connectivity index is 3.07. The number of hydrogen-bond acceptors (Lipinski definition) is 1. The lowest BCUT2D eigenvalue weighted by molar-refractivity contribution is -0.206. The maximum Gasteiger partial charge on any atom is 0.418 e. The second-order valence-electron chi connectivity index (χ2n) is 3.01. The highest BCUT2D eigenvalue weighted by Gasteiger charge is 2.39. The van der Waals surface area contributed by atoms with Crippen molar-refractivity contribution in [2.45, 2.75) is 19.2 Å². The van der Waals surface area contributed by atoms with Crippen molar-refractivity contribution in [2.75, 3.05) is 0 Å². The zero-order valence-corrected chi connectivity index (χ0v) is 8.02. The third-order valence-corrected chi connectivity index (χ3v) is 1.91. The SMILES string of the molecule is Cc1cc(Cl)cc(C(O)C(F)(F)F)c1. The van der Waals surface area contributed by atoms with Crippen LogP contribution >= 0.6 is 11.6 Å². The first kappa shape index (κ1) is 11.3. The van der Waals surface area contributed by atoms with Crippen molar-refractivity contribution in [1.82, 2.24) is 0 Å². The predicted molar refractivity (Wildman–Crippen MR) is 47.2 cm³/mol. The Hall–Kier alpha value is -0.740. The third-order valence-electron chi connectivity index (χ3n) is 1.69. The minimum absolute atomic E-state index is 0.184. The lowest BCUT2D eigenvalue weighted by atomic mass is 10.1. The molecule has 0 saturated carbocycles. The Morgan fingerprint density at radius 3 is 2.29 bits per heavy atom. The minimum Gasteiger partial charge on any atom is -0.379 e. The molecular formula is C9H8ClF3O. The summed E-state index contributed by atoms with van der Waals surface area (Å²) >= 11 is 5.57. The number of aryl methyl sites for hydroxylation is 1. The molecule has 0 radical (unpaired) electrons. The van der Waals surface area contributed by atoms with Gasteiger partial charge in [-0.2, -0.15) is 13.2 Å². The molecule has 0 aliphatic heterocycles. The maximum atomic E-state index is 12.1. The molecule has 1 aromatic carbocycles.